The molecule has 0 aromatic carbocycles. The van der Waals surface area contributed by atoms with E-state index in [0.29, 0.717) is 25.2 Å². The molecule has 0 spiro atoms. The Kier molecular flexibility index (Phi) is 6.60. The van der Waals surface area contributed by atoms with Crippen LogP contribution in [0.4, 0.5) is 0 Å². The largest absolute Gasteiger partial charge is 0.311 e. The summed E-state index contributed by atoms with van der Waals surface area (Å²) in [7, 11) is -2.99. The molecule has 108 valence electrons. The number of sulfonamides is 1. The quantitative estimate of drug-likeness (QED) is 0.773. The summed E-state index contributed by atoms with van der Waals surface area (Å²) in [6, 6.07) is 1.09. The second kappa shape index (κ2) is 7.46. The third-order valence-electron chi connectivity index (χ3n) is 3.79. The molecule has 0 amide bonds. The van der Waals surface area contributed by atoms with Gasteiger partial charge in [-0.25, -0.2) is 12.7 Å². The van der Waals surface area contributed by atoms with Crippen LogP contribution in [-0.2, 0) is 10.0 Å². The van der Waals surface area contributed by atoms with Gasteiger partial charge in [0.1, 0.15) is 0 Å². The van der Waals surface area contributed by atoms with Crippen molar-refractivity contribution in [2.75, 3.05) is 19.3 Å². The topological polar surface area (TPSA) is 49.4 Å². The van der Waals surface area contributed by atoms with Gasteiger partial charge in [-0.15, -0.1) is 0 Å². The third kappa shape index (κ3) is 5.24. The molecule has 1 rings (SSSR count). The first-order chi connectivity index (χ1) is 8.47. The van der Waals surface area contributed by atoms with E-state index < -0.39 is 10.0 Å². The van der Waals surface area contributed by atoms with Gasteiger partial charge in [-0.2, -0.15) is 0 Å². The predicted molar refractivity (Wildman–Crippen MR) is 76.2 cm³/mol. The zero-order valence-electron chi connectivity index (χ0n) is 12.0. The van der Waals surface area contributed by atoms with Crippen LogP contribution in [-0.4, -0.2) is 44.2 Å². The highest BCUT2D eigenvalue weighted by Crippen LogP contribution is 2.15. The molecule has 0 radical (unpaired) electrons. The van der Waals surface area contributed by atoms with Crippen molar-refractivity contribution in [3.63, 3.8) is 0 Å². The monoisotopic (exact) mass is 276 g/mol. The summed E-state index contributed by atoms with van der Waals surface area (Å²) >= 11 is 0. The van der Waals surface area contributed by atoms with Gasteiger partial charge >= 0.3 is 0 Å². The van der Waals surface area contributed by atoms with Crippen LogP contribution in [0, 0.1) is 0 Å². The standard InChI is InChI=1S/C13H28N2O2S/c1-4-6-7-12(5-2)14-13-8-10-15(11-9-13)18(3,16)17/h12-14H,4-11H2,1-3H3. The Morgan fingerprint density at radius 1 is 1.28 bits per heavy atom. The highest BCUT2D eigenvalue weighted by Gasteiger charge is 2.25. The SMILES string of the molecule is CCCCC(CC)NC1CCN(S(C)(=O)=O)CC1. The molecule has 0 aromatic rings. The maximum Gasteiger partial charge on any atom is 0.211 e. The molecular weight excluding hydrogens is 248 g/mol. The fourth-order valence-electron chi connectivity index (χ4n) is 2.54. The van der Waals surface area contributed by atoms with Crippen LogP contribution in [0.1, 0.15) is 52.4 Å². The normalized spacial score (nSPS) is 21.1. The Morgan fingerprint density at radius 3 is 2.33 bits per heavy atom. The molecule has 1 aliphatic rings. The highest BCUT2D eigenvalue weighted by molar-refractivity contribution is 7.88. The van der Waals surface area contributed by atoms with Gasteiger partial charge in [-0.1, -0.05) is 26.7 Å². The molecule has 0 bridgehead atoms. The Hall–Kier alpha value is -0.130. The lowest BCUT2D eigenvalue weighted by Crippen LogP contribution is -2.47. The van der Waals surface area contributed by atoms with Crippen molar-refractivity contribution < 1.29 is 8.42 Å². The first kappa shape index (κ1) is 15.9. The third-order valence-corrected chi connectivity index (χ3v) is 5.10. The van der Waals surface area contributed by atoms with Gasteiger partial charge in [0, 0.05) is 25.2 Å². The molecule has 1 heterocycles. The summed E-state index contributed by atoms with van der Waals surface area (Å²) < 4.78 is 24.4. The van der Waals surface area contributed by atoms with E-state index in [1.165, 1.54) is 25.5 Å². The Balaban J connectivity index is 2.34. The zero-order chi connectivity index (χ0) is 13.6. The van der Waals surface area contributed by atoms with Gasteiger partial charge in [0.25, 0.3) is 0 Å². The minimum atomic E-state index is -2.99. The molecule has 1 N–H and O–H groups in total. The molecule has 0 aromatic heterocycles. The minimum Gasteiger partial charge on any atom is -0.311 e. The lowest BCUT2D eigenvalue weighted by atomic mass is 10.0. The van der Waals surface area contributed by atoms with Crippen LogP contribution < -0.4 is 5.32 Å². The molecule has 1 atom stereocenters. The molecule has 1 aliphatic heterocycles. The summed E-state index contributed by atoms with van der Waals surface area (Å²) in [6.07, 6.45) is 8.09. The van der Waals surface area contributed by atoms with E-state index in [0.717, 1.165) is 19.3 Å². The average Bonchev–Trinajstić information content (AvgIpc) is 2.34. The number of hydrogen-bond donors (Lipinski definition) is 1. The zero-order valence-corrected chi connectivity index (χ0v) is 12.8. The first-order valence-electron chi connectivity index (χ1n) is 7.18. The highest BCUT2D eigenvalue weighted by atomic mass is 32.2. The van der Waals surface area contributed by atoms with Crippen molar-refractivity contribution in [3.8, 4) is 0 Å². The summed E-state index contributed by atoms with van der Waals surface area (Å²) in [5, 5.41) is 3.69. The lowest BCUT2D eigenvalue weighted by Gasteiger charge is -2.33. The first-order valence-corrected chi connectivity index (χ1v) is 9.03. The summed E-state index contributed by atoms with van der Waals surface area (Å²) in [6.45, 7) is 5.78. The average molecular weight is 276 g/mol. The van der Waals surface area contributed by atoms with E-state index in [9.17, 15) is 8.42 Å². The number of rotatable bonds is 7. The summed E-state index contributed by atoms with van der Waals surface area (Å²) in [4.78, 5) is 0. The van der Waals surface area contributed by atoms with Gasteiger partial charge in [-0.3, -0.25) is 0 Å². The van der Waals surface area contributed by atoms with Crippen LogP contribution in [0.5, 0.6) is 0 Å². The van der Waals surface area contributed by atoms with Gasteiger partial charge in [0.2, 0.25) is 10.0 Å². The van der Waals surface area contributed by atoms with Crippen LogP contribution in [0.25, 0.3) is 0 Å². The van der Waals surface area contributed by atoms with E-state index >= 15 is 0 Å². The molecule has 5 heteroatoms. The maximum absolute atomic E-state index is 11.4. The number of piperidine rings is 1. The van der Waals surface area contributed by atoms with Crippen molar-refractivity contribution in [2.45, 2.75) is 64.5 Å². The van der Waals surface area contributed by atoms with Gasteiger partial charge < -0.3 is 5.32 Å². The number of nitrogens with one attached hydrogen (secondary N) is 1. The van der Waals surface area contributed by atoms with Crippen LogP contribution in [0.2, 0.25) is 0 Å². The Morgan fingerprint density at radius 2 is 1.89 bits per heavy atom. The van der Waals surface area contributed by atoms with Crippen LogP contribution in [0.15, 0.2) is 0 Å². The molecule has 1 saturated heterocycles. The molecule has 0 saturated carbocycles. The van der Waals surface area contributed by atoms with E-state index in [1.54, 1.807) is 4.31 Å². The van der Waals surface area contributed by atoms with Crippen molar-refractivity contribution in [2.24, 2.45) is 0 Å². The lowest BCUT2D eigenvalue weighted by molar-refractivity contribution is 0.266. The smallest absolute Gasteiger partial charge is 0.211 e. The summed E-state index contributed by atoms with van der Waals surface area (Å²) in [5.41, 5.74) is 0. The van der Waals surface area contributed by atoms with Gasteiger partial charge in [0.05, 0.1) is 6.26 Å². The van der Waals surface area contributed by atoms with E-state index in [4.69, 9.17) is 0 Å². The van der Waals surface area contributed by atoms with E-state index in [2.05, 4.69) is 19.2 Å². The Bertz CT molecular complexity index is 322. The molecule has 1 unspecified atom stereocenters. The number of nitrogens with zero attached hydrogens (tertiary/aromatic N) is 1. The van der Waals surface area contributed by atoms with Crippen molar-refractivity contribution >= 4 is 10.0 Å². The fraction of sp³-hybridized carbons (Fsp3) is 1.00. The maximum atomic E-state index is 11.4. The molecular formula is C13H28N2O2S. The number of hydrogen-bond acceptors (Lipinski definition) is 3. The minimum absolute atomic E-state index is 0.491. The molecule has 4 nitrogen and oxygen atoms in total. The van der Waals surface area contributed by atoms with Crippen LogP contribution in [0.3, 0.4) is 0 Å². The molecule has 0 aliphatic carbocycles. The fourth-order valence-corrected chi connectivity index (χ4v) is 3.42. The molecule has 1 fully saturated rings. The second-order valence-electron chi connectivity index (χ2n) is 5.35. The second-order valence-corrected chi connectivity index (χ2v) is 7.33. The predicted octanol–water partition coefficient (Wildman–Crippen LogP) is 1.97. The number of unbranched alkanes of at least 4 members (excludes halogenated alkanes) is 1. The van der Waals surface area contributed by atoms with Gasteiger partial charge in [0.15, 0.2) is 0 Å². The molecule has 18 heavy (non-hydrogen) atoms. The summed E-state index contributed by atoms with van der Waals surface area (Å²) in [5.74, 6) is 0. The van der Waals surface area contributed by atoms with Crippen LogP contribution >= 0.6 is 0 Å². The van der Waals surface area contributed by atoms with Gasteiger partial charge in [-0.05, 0) is 25.7 Å². The van der Waals surface area contributed by atoms with E-state index in [1.807, 2.05) is 0 Å². The van der Waals surface area contributed by atoms with E-state index in [-0.39, 0.29) is 0 Å². The Labute approximate surface area is 112 Å². The van der Waals surface area contributed by atoms with Crippen molar-refractivity contribution in [3.05, 3.63) is 0 Å². The van der Waals surface area contributed by atoms with Crippen molar-refractivity contribution in [1.82, 2.24) is 9.62 Å². The van der Waals surface area contributed by atoms with Crippen molar-refractivity contribution in [1.29, 1.82) is 0 Å².